The van der Waals surface area contributed by atoms with Gasteiger partial charge in [-0.2, -0.15) is 5.26 Å². The predicted molar refractivity (Wildman–Crippen MR) is 105 cm³/mol. The molecule has 0 saturated heterocycles. The highest BCUT2D eigenvalue weighted by molar-refractivity contribution is 7.11. The zero-order valence-corrected chi connectivity index (χ0v) is 14.9. The molecule has 0 radical (unpaired) electrons. The first kappa shape index (κ1) is 18.7. The van der Waals surface area contributed by atoms with Crippen LogP contribution in [0.3, 0.4) is 0 Å². The monoisotopic (exact) mass is 393 g/mol. The molecule has 1 N–H and O–H groups in total. The maximum absolute atomic E-state index is 11.1. The molecular formula is C18H11N5O4S. The third-order valence-electron chi connectivity index (χ3n) is 3.68. The van der Waals surface area contributed by atoms with Crippen LogP contribution in [0.25, 0.3) is 16.8 Å². The van der Waals surface area contributed by atoms with Gasteiger partial charge in [-0.25, -0.2) is 4.98 Å². The normalized spacial score (nSPS) is 10.9. The largest absolute Gasteiger partial charge is 0.355 e. The highest BCUT2D eigenvalue weighted by Crippen LogP contribution is 2.29. The van der Waals surface area contributed by atoms with Gasteiger partial charge in [0.25, 0.3) is 11.4 Å². The third kappa shape index (κ3) is 4.00. The van der Waals surface area contributed by atoms with Crippen molar-refractivity contribution in [2.45, 2.75) is 0 Å². The Morgan fingerprint density at radius 3 is 2.64 bits per heavy atom. The van der Waals surface area contributed by atoms with E-state index < -0.39 is 9.85 Å². The molecule has 10 heteroatoms. The third-order valence-corrected chi connectivity index (χ3v) is 4.56. The minimum atomic E-state index is -0.522. The van der Waals surface area contributed by atoms with Gasteiger partial charge in [-0.3, -0.25) is 20.2 Å². The summed E-state index contributed by atoms with van der Waals surface area (Å²) in [6.45, 7) is 0. The predicted octanol–water partition coefficient (Wildman–Crippen LogP) is 4.60. The molecule has 0 aliphatic rings. The van der Waals surface area contributed by atoms with Crippen LogP contribution in [0.1, 0.15) is 5.01 Å². The number of rotatable bonds is 6. The number of nitro benzene ring substituents is 2. The lowest BCUT2D eigenvalue weighted by atomic mass is 10.1. The topological polar surface area (TPSA) is 135 Å². The molecule has 0 unspecified atom stereocenters. The van der Waals surface area contributed by atoms with E-state index in [0.29, 0.717) is 16.3 Å². The van der Waals surface area contributed by atoms with E-state index in [-0.39, 0.29) is 22.6 Å². The Morgan fingerprint density at radius 1 is 1.14 bits per heavy atom. The fourth-order valence-electron chi connectivity index (χ4n) is 2.36. The van der Waals surface area contributed by atoms with Gasteiger partial charge < -0.3 is 5.32 Å². The Hall–Kier alpha value is -4.10. The summed E-state index contributed by atoms with van der Waals surface area (Å²) in [6, 6.07) is 14.1. The van der Waals surface area contributed by atoms with Crippen LogP contribution in [0, 0.1) is 31.6 Å². The zero-order valence-electron chi connectivity index (χ0n) is 14.1. The zero-order chi connectivity index (χ0) is 20.1. The van der Waals surface area contributed by atoms with Crippen LogP contribution in [0.4, 0.5) is 17.1 Å². The van der Waals surface area contributed by atoms with Gasteiger partial charge in [0, 0.05) is 35.3 Å². The van der Waals surface area contributed by atoms with Crippen molar-refractivity contribution in [3.63, 3.8) is 0 Å². The number of thiazole rings is 1. The summed E-state index contributed by atoms with van der Waals surface area (Å²) in [7, 11) is 0. The Labute approximate surface area is 162 Å². The number of non-ortho nitro benzene ring substituents is 1. The van der Waals surface area contributed by atoms with E-state index in [2.05, 4.69) is 10.3 Å². The average Bonchev–Trinajstić information content (AvgIpc) is 3.19. The van der Waals surface area contributed by atoms with Gasteiger partial charge in [-0.05, 0) is 6.07 Å². The molecule has 0 bridgehead atoms. The summed E-state index contributed by atoms with van der Waals surface area (Å²) in [5, 5.41) is 36.2. The summed E-state index contributed by atoms with van der Waals surface area (Å²) >= 11 is 1.19. The number of hydrogen-bond acceptors (Lipinski definition) is 8. The van der Waals surface area contributed by atoms with Gasteiger partial charge in [0.2, 0.25) is 0 Å². The average molecular weight is 393 g/mol. The number of anilines is 1. The minimum Gasteiger partial charge on any atom is -0.355 e. The number of allylic oxidation sites excluding steroid dienone is 1. The van der Waals surface area contributed by atoms with Gasteiger partial charge in [0.1, 0.15) is 22.3 Å². The number of nitro groups is 2. The number of nitrogens with zero attached hydrogens (tertiary/aromatic N) is 4. The molecule has 3 rings (SSSR count). The fourth-order valence-corrected chi connectivity index (χ4v) is 3.15. The summed E-state index contributed by atoms with van der Waals surface area (Å²) in [4.78, 5) is 25.3. The van der Waals surface area contributed by atoms with Crippen LogP contribution in [-0.2, 0) is 0 Å². The van der Waals surface area contributed by atoms with Crippen molar-refractivity contribution in [3.8, 4) is 17.3 Å². The van der Waals surface area contributed by atoms with Crippen LogP contribution in [0.2, 0.25) is 0 Å². The summed E-state index contributed by atoms with van der Waals surface area (Å²) in [6.07, 6.45) is 1.35. The molecule has 0 saturated carbocycles. The first-order chi connectivity index (χ1) is 13.5. The molecule has 9 nitrogen and oxygen atoms in total. The second-order valence-corrected chi connectivity index (χ2v) is 6.29. The molecule has 138 valence electrons. The number of nitrogens with one attached hydrogen (secondary N) is 1. The van der Waals surface area contributed by atoms with E-state index in [9.17, 15) is 25.5 Å². The number of benzene rings is 2. The molecule has 0 atom stereocenters. The maximum atomic E-state index is 11.1. The van der Waals surface area contributed by atoms with E-state index in [1.165, 1.54) is 41.8 Å². The molecule has 0 fully saturated rings. The summed E-state index contributed by atoms with van der Waals surface area (Å²) < 4.78 is 0. The van der Waals surface area contributed by atoms with Crippen LogP contribution in [-0.4, -0.2) is 14.8 Å². The molecule has 0 spiro atoms. The van der Waals surface area contributed by atoms with Crippen LogP contribution >= 0.6 is 11.3 Å². The Morgan fingerprint density at radius 2 is 1.93 bits per heavy atom. The van der Waals surface area contributed by atoms with E-state index in [0.717, 1.165) is 0 Å². The molecule has 0 aliphatic heterocycles. The SMILES string of the molecule is N#C/C(=C\Nc1ccccc1[N+](=O)[O-])c1nc(-c2cccc([N+](=O)[O-])c2)cs1. The first-order valence-corrected chi connectivity index (χ1v) is 8.68. The number of aromatic nitrogens is 1. The molecule has 0 aliphatic carbocycles. The van der Waals surface area contributed by atoms with E-state index in [1.807, 2.05) is 6.07 Å². The second-order valence-electron chi connectivity index (χ2n) is 5.43. The van der Waals surface area contributed by atoms with Gasteiger partial charge in [0.15, 0.2) is 0 Å². The second kappa shape index (κ2) is 8.07. The molecule has 3 aromatic rings. The van der Waals surface area contributed by atoms with Crippen molar-refractivity contribution in [2.75, 3.05) is 5.32 Å². The standard InChI is InChI=1S/C18H11N5O4S/c19-9-13(10-20-15-6-1-2-7-17(15)23(26)27)18-21-16(11-28-18)12-4-3-5-14(8-12)22(24)25/h1-8,10-11,20H/b13-10+. The number of hydrogen-bond donors (Lipinski definition) is 1. The van der Waals surface area contributed by atoms with E-state index in [1.54, 1.807) is 29.6 Å². The maximum Gasteiger partial charge on any atom is 0.292 e. The van der Waals surface area contributed by atoms with Crippen LogP contribution in [0.5, 0.6) is 0 Å². The summed E-state index contributed by atoms with van der Waals surface area (Å²) in [5.41, 5.74) is 1.31. The van der Waals surface area contributed by atoms with Gasteiger partial charge in [-0.15, -0.1) is 11.3 Å². The number of para-hydroxylation sites is 2. The smallest absolute Gasteiger partial charge is 0.292 e. The Balaban J connectivity index is 1.88. The molecular weight excluding hydrogens is 382 g/mol. The van der Waals surface area contributed by atoms with E-state index >= 15 is 0 Å². The lowest BCUT2D eigenvalue weighted by Crippen LogP contribution is -1.96. The molecule has 1 heterocycles. The van der Waals surface area contributed by atoms with Crippen molar-refractivity contribution >= 4 is 34.0 Å². The highest BCUT2D eigenvalue weighted by atomic mass is 32.1. The molecule has 28 heavy (non-hydrogen) atoms. The molecule has 1 aromatic heterocycles. The molecule has 0 amide bonds. The Kier molecular flexibility index (Phi) is 5.38. The van der Waals surface area contributed by atoms with Gasteiger partial charge >= 0.3 is 0 Å². The summed E-state index contributed by atoms with van der Waals surface area (Å²) in [5.74, 6) is 0. The van der Waals surface area contributed by atoms with Crippen molar-refractivity contribution in [1.82, 2.24) is 4.98 Å². The van der Waals surface area contributed by atoms with Crippen molar-refractivity contribution < 1.29 is 9.85 Å². The minimum absolute atomic E-state index is 0.0545. The lowest BCUT2D eigenvalue weighted by Gasteiger charge is -2.02. The van der Waals surface area contributed by atoms with Crippen LogP contribution in [0.15, 0.2) is 60.1 Å². The Bertz CT molecular complexity index is 1130. The van der Waals surface area contributed by atoms with E-state index in [4.69, 9.17) is 0 Å². The van der Waals surface area contributed by atoms with Gasteiger partial charge in [-0.1, -0.05) is 24.3 Å². The van der Waals surface area contributed by atoms with Gasteiger partial charge in [0.05, 0.1) is 15.5 Å². The van der Waals surface area contributed by atoms with Crippen molar-refractivity contribution in [1.29, 1.82) is 5.26 Å². The first-order valence-electron chi connectivity index (χ1n) is 7.80. The quantitative estimate of drug-likeness (QED) is 0.367. The lowest BCUT2D eigenvalue weighted by molar-refractivity contribution is -0.384. The van der Waals surface area contributed by atoms with Crippen molar-refractivity contribution in [2.24, 2.45) is 0 Å². The number of nitriles is 1. The van der Waals surface area contributed by atoms with Crippen molar-refractivity contribution in [3.05, 3.63) is 85.3 Å². The fraction of sp³-hybridized carbons (Fsp3) is 0. The van der Waals surface area contributed by atoms with Crippen LogP contribution < -0.4 is 5.32 Å². The highest BCUT2D eigenvalue weighted by Gasteiger charge is 2.14. The molecule has 2 aromatic carbocycles.